The van der Waals surface area contributed by atoms with Gasteiger partial charge in [-0.15, -0.1) is 0 Å². The molecule has 3 N–H and O–H groups in total. The third-order valence-corrected chi connectivity index (χ3v) is 5.09. The van der Waals surface area contributed by atoms with E-state index < -0.39 is 0 Å². The molecule has 0 spiro atoms. The monoisotopic (exact) mass is 380 g/mol. The number of nitrogens with two attached hydrogens (primary N) is 1. The number of carbonyl (C=O) groups is 2. The molecule has 28 heavy (non-hydrogen) atoms. The molecule has 6 nitrogen and oxygen atoms in total. The number of benzene rings is 2. The summed E-state index contributed by atoms with van der Waals surface area (Å²) in [6, 6.07) is 17.5. The van der Waals surface area contributed by atoms with Gasteiger partial charge in [-0.3, -0.25) is 14.5 Å². The molecule has 0 atom stereocenters. The highest BCUT2D eigenvalue weighted by molar-refractivity contribution is 5.78. The van der Waals surface area contributed by atoms with Crippen LogP contribution in [0, 0.1) is 0 Å². The van der Waals surface area contributed by atoms with E-state index in [0.29, 0.717) is 39.0 Å². The summed E-state index contributed by atoms with van der Waals surface area (Å²) < 4.78 is 0. The van der Waals surface area contributed by atoms with Crippen LogP contribution in [0.25, 0.3) is 0 Å². The summed E-state index contributed by atoms with van der Waals surface area (Å²) in [4.78, 5) is 28.6. The number of anilines is 1. The topological polar surface area (TPSA) is 78.7 Å². The smallest absolute Gasteiger partial charge is 0.234 e. The lowest BCUT2D eigenvalue weighted by Gasteiger charge is -2.34. The Labute approximate surface area is 166 Å². The lowest BCUT2D eigenvalue weighted by molar-refractivity contribution is -0.133. The molecule has 1 saturated heterocycles. The van der Waals surface area contributed by atoms with E-state index in [2.05, 4.69) is 10.2 Å². The van der Waals surface area contributed by atoms with Crippen LogP contribution in [-0.4, -0.2) is 54.3 Å². The zero-order chi connectivity index (χ0) is 19.8. The number of nitrogens with zero attached hydrogens (tertiary/aromatic N) is 2. The first kappa shape index (κ1) is 19.9. The van der Waals surface area contributed by atoms with E-state index in [4.69, 9.17) is 5.73 Å². The van der Waals surface area contributed by atoms with Crippen LogP contribution in [0.5, 0.6) is 0 Å². The van der Waals surface area contributed by atoms with Gasteiger partial charge in [0, 0.05) is 44.8 Å². The molecular weight excluding hydrogens is 352 g/mol. The highest BCUT2D eigenvalue weighted by Crippen LogP contribution is 2.14. The van der Waals surface area contributed by atoms with Crippen molar-refractivity contribution in [1.82, 2.24) is 15.1 Å². The predicted octanol–water partition coefficient (Wildman–Crippen LogP) is 1.66. The van der Waals surface area contributed by atoms with E-state index in [0.717, 1.165) is 29.9 Å². The fraction of sp³-hybridized carbons (Fsp3) is 0.364. The van der Waals surface area contributed by atoms with Crippen molar-refractivity contribution in [2.45, 2.75) is 19.4 Å². The Morgan fingerprint density at radius 1 is 0.929 bits per heavy atom. The molecule has 1 heterocycles. The number of hydrogen-bond acceptors (Lipinski definition) is 4. The Morgan fingerprint density at radius 2 is 1.61 bits per heavy atom. The summed E-state index contributed by atoms with van der Waals surface area (Å²) >= 11 is 0. The summed E-state index contributed by atoms with van der Waals surface area (Å²) in [5.74, 6) is 0.166. The standard InChI is InChI=1S/C22H28N4O2/c23-20-9-5-4-8-19(20)10-11-22(28)26-14-12-25(13-15-26)17-21(27)24-16-18-6-2-1-3-7-18/h1-9H,10-17,23H2,(H,24,27). The van der Waals surface area contributed by atoms with Gasteiger partial charge in [-0.25, -0.2) is 0 Å². The largest absolute Gasteiger partial charge is 0.399 e. The van der Waals surface area contributed by atoms with Crippen LogP contribution in [0.4, 0.5) is 5.69 Å². The molecule has 2 aromatic carbocycles. The molecule has 1 aliphatic heterocycles. The quantitative estimate of drug-likeness (QED) is 0.716. The Balaban J connectivity index is 1.36. The van der Waals surface area contributed by atoms with Crippen LogP contribution in [0.3, 0.4) is 0 Å². The number of aryl methyl sites for hydroxylation is 1. The third kappa shape index (κ3) is 5.82. The van der Waals surface area contributed by atoms with Gasteiger partial charge in [-0.1, -0.05) is 48.5 Å². The van der Waals surface area contributed by atoms with Crippen LogP contribution in [0.2, 0.25) is 0 Å². The lowest BCUT2D eigenvalue weighted by Crippen LogP contribution is -2.51. The summed E-state index contributed by atoms with van der Waals surface area (Å²) in [6.07, 6.45) is 1.12. The number of carbonyl (C=O) groups excluding carboxylic acids is 2. The molecule has 3 rings (SSSR count). The number of para-hydroxylation sites is 1. The molecule has 148 valence electrons. The van der Waals surface area contributed by atoms with Crippen molar-refractivity contribution in [3.63, 3.8) is 0 Å². The highest BCUT2D eigenvalue weighted by atomic mass is 16.2. The summed E-state index contributed by atoms with van der Waals surface area (Å²) in [5, 5.41) is 2.95. The number of nitrogens with one attached hydrogen (secondary N) is 1. The molecule has 0 radical (unpaired) electrons. The van der Waals surface area contributed by atoms with Crippen LogP contribution >= 0.6 is 0 Å². The maximum atomic E-state index is 12.5. The molecule has 0 bridgehead atoms. The average Bonchev–Trinajstić information content (AvgIpc) is 2.73. The normalized spacial score (nSPS) is 14.6. The van der Waals surface area contributed by atoms with E-state index in [9.17, 15) is 9.59 Å². The van der Waals surface area contributed by atoms with Crippen molar-refractivity contribution in [2.24, 2.45) is 0 Å². The Bertz CT molecular complexity index is 786. The van der Waals surface area contributed by atoms with Crippen molar-refractivity contribution in [1.29, 1.82) is 0 Å². The van der Waals surface area contributed by atoms with Crippen molar-refractivity contribution in [3.05, 3.63) is 65.7 Å². The molecule has 0 aliphatic carbocycles. The summed E-state index contributed by atoms with van der Waals surface area (Å²) in [5.41, 5.74) is 8.79. The van der Waals surface area contributed by atoms with Gasteiger partial charge in [-0.2, -0.15) is 0 Å². The minimum absolute atomic E-state index is 0.0168. The van der Waals surface area contributed by atoms with Gasteiger partial charge in [0.15, 0.2) is 0 Å². The molecular formula is C22H28N4O2. The SMILES string of the molecule is Nc1ccccc1CCC(=O)N1CCN(CC(=O)NCc2ccccc2)CC1. The van der Waals surface area contributed by atoms with Gasteiger partial charge in [0.1, 0.15) is 0 Å². The van der Waals surface area contributed by atoms with Crippen molar-refractivity contribution < 1.29 is 9.59 Å². The summed E-state index contributed by atoms with van der Waals surface area (Å²) in [7, 11) is 0. The number of hydrogen-bond donors (Lipinski definition) is 2. The van der Waals surface area contributed by atoms with Gasteiger partial charge in [-0.05, 0) is 23.6 Å². The second kappa shape index (κ2) is 9.90. The summed E-state index contributed by atoms with van der Waals surface area (Å²) in [6.45, 7) is 3.68. The van der Waals surface area contributed by atoms with E-state index in [1.165, 1.54) is 0 Å². The average molecular weight is 380 g/mol. The number of rotatable bonds is 7. The molecule has 1 fully saturated rings. The van der Waals surface area contributed by atoms with Crippen molar-refractivity contribution in [2.75, 3.05) is 38.5 Å². The second-order valence-electron chi connectivity index (χ2n) is 7.12. The molecule has 0 unspecified atom stereocenters. The van der Waals surface area contributed by atoms with Crippen molar-refractivity contribution in [3.8, 4) is 0 Å². The first-order valence-corrected chi connectivity index (χ1v) is 9.76. The van der Waals surface area contributed by atoms with E-state index in [1.54, 1.807) is 0 Å². The van der Waals surface area contributed by atoms with Gasteiger partial charge in [0.2, 0.25) is 11.8 Å². The maximum absolute atomic E-state index is 12.5. The van der Waals surface area contributed by atoms with Crippen molar-refractivity contribution >= 4 is 17.5 Å². The van der Waals surface area contributed by atoms with E-state index in [1.807, 2.05) is 59.5 Å². The Kier molecular flexibility index (Phi) is 7.03. The lowest BCUT2D eigenvalue weighted by atomic mass is 10.1. The van der Waals surface area contributed by atoms with Gasteiger partial charge < -0.3 is 16.0 Å². The third-order valence-electron chi connectivity index (χ3n) is 5.09. The van der Waals surface area contributed by atoms with E-state index in [-0.39, 0.29) is 11.8 Å². The zero-order valence-electron chi connectivity index (χ0n) is 16.1. The highest BCUT2D eigenvalue weighted by Gasteiger charge is 2.22. The van der Waals surface area contributed by atoms with Crippen LogP contribution < -0.4 is 11.1 Å². The molecule has 6 heteroatoms. The van der Waals surface area contributed by atoms with Crippen LogP contribution in [0.15, 0.2) is 54.6 Å². The maximum Gasteiger partial charge on any atom is 0.234 e. The van der Waals surface area contributed by atoms with Gasteiger partial charge in [0.05, 0.1) is 6.54 Å². The second-order valence-corrected chi connectivity index (χ2v) is 7.12. The molecule has 1 aliphatic rings. The molecule has 2 aromatic rings. The van der Waals surface area contributed by atoms with Crippen LogP contribution in [0.1, 0.15) is 17.5 Å². The first-order chi connectivity index (χ1) is 13.6. The fourth-order valence-electron chi connectivity index (χ4n) is 3.37. The fourth-order valence-corrected chi connectivity index (χ4v) is 3.37. The molecule has 0 saturated carbocycles. The van der Waals surface area contributed by atoms with Gasteiger partial charge in [0.25, 0.3) is 0 Å². The van der Waals surface area contributed by atoms with Crippen LogP contribution in [-0.2, 0) is 22.6 Å². The van der Waals surface area contributed by atoms with E-state index >= 15 is 0 Å². The minimum atomic E-state index is 0.0168. The zero-order valence-corrected chi connectivity index (χ0v) is 16.1. The molecule has 0 aromatic heterocycles. The first-order valence-electron chi connectivity index (χ1n) is 9.76. The number of amides is 2. The Morgan fingerprint density at radius 3 is 2.32 bits per heavy atom. The number of nitrogen functional groups attached to an aromatic ring is 1. The number of piperazine rings is 1. The minimum Gasteiger partial charge on any atom is -0.399 e. The Hall–Kier alpha value is -2.86. The molecule has 2 amide bonds. The van der Waals surface area contributed by atoms with Gasteiger partial charge >= 0.3 is 0 Å². The predicted molar refractivity (Wildman–Crippen MR) is 110 cm³/mol.